The fourth-order valence-corrected chi connectivity index (χ4v) is 2.62. The molecular weight excluding hydrogens is 253 g/mol. The average Bonchev–Trinajstić information content (AvgIpc) is 2.26. The van der Waals surface area contributed by atoms with Gasteiger partial charge in [-0.2, -0.15) is 0 Å². The molecule has 106 valence electrons. The SMILES string of the molecule is CC(C)NC1CCCN(c2c(F)cc(F)cc2F)C1. The summed E-state index contributed by atoms with van der Waals surface area (Å²) in [5.41, 5.74) is -0.114. The van der Waals surface area contributed by atoms with Crippen molar-refractivity contribution in [1.29, 1.82) is 0 Å². The minimum atomic E-state index is -0.882. The highest BCUT2D eigenvalue weighted by Gasteiger charge is 2.25. The molecule has 1 unspecified atom stereocenters. The Kier molecular flexibility index (Phi) is 4.34. The second kappa shape index (κ2) is 5.82. The maximum atomic E-state index is 13.7. The fraction of sp³-hybridized carbons (Fsp3) is 0.571. The molecule has 0 amide bonds. The molecule has 0 saturated carbocycles. The van der Waals surface area contributed by atoms with Gasteiger partial charge in [0.2, 0.25) is 0 Å². The highest BCUT2D eigenvalue weighted by molar-refractivity contribution is 5.50. The van der Waals surface area contributed by atoms with Gasteiger partial charge in [-0.15, -0.1) is 0 Å². The first-order chi connectivity index (χ1) is 8.97. The van der Waals surface area contributed by atoms with Gasteiger partial charge in [-0.3, -0.25) is 0 Å². The Labute approximate surface area is 111 Å². The molecule has 19 heavy (non-hydrogen) atoms. The third kappa shape index (κ3) is 3.41. The maximum Gasteiger partial charge on any atom is 0.152 e. The van der Waals surface area contributed by atoms with Crippen LogP contribution in [-0.4, -0.2) is 25.2 Å². The molecule has 1 atom stereocenters. The van der Waals surface area contributed by atoms with Crippen LogP contribution in [0.5, 0.6) is 0 Å². The summed E-state index contributed by atoms with van der Waals surface area (Å²) in [6.07, 6.45) is 1.85. The molecule has 0 spiro atoms. The van der Waals surface area contributed by atoms with Crippen LogP contribution in [0.3, 0.4) is 0 Å². The topological polar surface area (TPSA) is 15.3 Å². The Balaban J connectivity index is 2.17. The largest absolute Gasteiger partial charge is 0.365 e. The Morgan fingerprint density at radius 1 is 1.21 bits per heavy atom. The smallest absolute Gasteiger partial charge is 0.152 e. The van der Waals surface area contributed by atoms with E-state index in [1.54, 1.807) is 4.90 Å². The number of benzene rings is 1. The maximum absolute atomic E-state index is 13.7. The zero-order valence-corrected chi connectivity index (χ0v) is 11.2. The zero-order chi connectivity index (χ0) is 14.0. The molecule has 5 heteroatoms. The van der Waals surface area contributed by atoms with E-state index >= 15 is 0 Å². The number of halogens is 3. The minimum Gasteiger partial charge on any atom is -0.365 e. The molecule has 0 aliphatic carbocycles. The van der Waals surface area contributed by atoms with Gasteiger partial charge < -0.3 is 10.2 Å². The highest BCUT2D eigenvalue weighted by Crippen LogP contribution is 2.27. The molecule has 1 saturated heterocycles. The van der Waals surface area contributed by atoms with Crippen molar-refractivity contribution in [1.82, 2.24) is 5.32 Å². The molecular formula is C14H19F3N2. The molecule has 1 heterocycles. The van der Waals surface area contributed by atoms with Crippen molar-refractivity contribution in [3.05, 3.63) is 29.6 Å². The predicted molar refractivity (Wildman–Crippen MR) is 69.8 cm³/mol. The van der Waals surface area contributed by atoms with Crippen molar-refractivity contribution < 1.29 is 13.2 Å². The van der Waals surface area contributed by atoms with Crippen LogP contribution in [0, 0.1) is 17.5 Å². The molecule has 2 rings (SSSR count). The third-order valence-corrected chi connectivity index (χ3v) is 3.29. The third-order valence-electron chi connectivity index (χ3n) is 3.29. The van der Waals surface area contributed by atoms with Gasteiger partial charge in [0, 0.05) is 37.3 Å². The molecule has 2 nitrogen and oxygen atoms in total. The van der Waals surface area contributed by atoms with E-state index in [1.165, 1.54) is 0 Å². The Hall–Kier alpha value is -1.23. The number of nitrogens with zero attached hydrogens (tertiary/aromatic N) is 1. The highest BCUT2D eigenvalue weighted by atomic mass is 19.1. The molecule has 1 aliphatic heterocycles. The van der Waals surface area contributed by atoms with E-state index < -0.39 is 17.5 Å². The Morgan fingerprint density at radius 2 is 1.84 bits per heavy atom. The van der Waals surface area contributed by atoms with Gasteiger partial charge in [0.05, 0.1) is 0 Å². The van der Waals surface area contributed by atoms with E-state index in [9.17, 15) is 13.2 Å². The average molecular weight is 272 g/mol. The van der Waals surface area contributed by atoms with Crippen LogP contribution >= 0.6 is 0 Å². The number of hydrogen-bond acceptors (Lipinski definition) is 2. The number of nitrogens with one attached hydrogen (secondary N) is 1. The fourth-order valence-electron chi connectivity index (χ4n) is 2.62. The second-order valence-electron chi connectivity index (χ2n) is 5.32. The van der Waals surface area contributed by atoms with Crippen molar-refractivity contribution in [3.63, 3.8) is 0 Å². The molecule has 0 radical (unpaired) electrons. The summed E-state index contributed by atoms with van der Waals surface area (Å²) in [6.45, 7) is 5.21. The van der Waals surface area contributed by atoms with E-state index in [4.69, 9.17) is 0 Å². The molecule has 1 aromatic rings. The van der Waals surface area contributed by atoms with Gasteiger partial charge in [0.1, 0.15) is 11.5 Å². The lowest BCUT2D eigenvalue weighted by atomic mass is 10.0. The Bertz CT molecular complexity index is 425. The van der Waals surface area contributed by atoms with Gasteiger partial charge in [-0.1, -0.05) is 13.8 Å². The first-order valence-electron chi connectivity index (χ1n) is 6.63. The van der Waals surface area contributed by atoms with E-state index in [0.717, 1.165) is 25.0 Å². The van der Waals surface area contributed by atoms with Crippen LogP contribution in [0.4, 0.5) is 18.9 Å². The van der Waals surface area contributed by atoms with Crippen LogP contribution < -0.4 is 10.2 Å². The summed E-state index contributed by atoms with van der Waals surface area (Å²) >= 11 is 0. The summed E-state index contributed by atoms with van der Waals surface area (Å²) in [5.74, 6) is -2.54. The molecule has 1 fully saturated rings. The summed E-state index contributed by atoms with van der Waals surface area (Å²) in [7, 11) is 0. The lowest BCUT2D eigenvalue weighted by Crippen LogP contribution is -2.48. The van der Waals surface area contributed by atoms with Crippen LogP contribution in [-0.2, 0) is 0 Å². The standard InChI is InChI=1S/C14H19F3N2/c1-9(2)18-11-4-3-5-19(8-11)14-12(16)6-10(15)7-13(14)17/h6-7,9,11,18H,3-5,8H2,1-2H3. The van der Waals surface area contributed by atoms with Crippen LogP contribution in [0.2, 0.25) is 0 Å². The van der Waals surface area contributed by atoms with E-state index in [0.29, 0.717) is 19.1 Å². The van der Waals surface area contributed by atoms with Crippen LogP contribution in [0.25, 0.3) is 0 Å². The quantitative estimate of drug-likeness (QED) is 0.909. The predicted octanol–water partition coefficient (Wildman–Crippen LogP) is 3.07. The lowest BCUT2D eigenvalue weighted by Gasteiger charge is -2.36. The van der Waals surface area contributed by atoms with Gasteiger partial charge in [-0.25, -0.2) is 13.2 Å². The van der Waals surface area contributed by atoms with Gasteiger partial charge in [0.15, 0.2) is 11.6 Å². The number of hydrogen-bond donors (Lipinski definition) is 1. The first kappa shape index (κ1) is 14.2. The molecule has 0 aromatic heterocycles. The zero-order valence-electron chi connectivity index (χ0n) is 11.2. The number of anilines is 1. The normalized spacial score (nSPS) is 20.1. The van der Waals surface area contributed by atoms with Crippen LogP contribution in [0.15, 0.2) is 12.1 Å². The van der Waals surface area contributed by atoms with Gasteiger partial charge in [-0.05, 0) is 12.8 Å². The van der Waals surface area contributed by atoms with E-state index in [2.05, 4.69) is 5.32 Å². The molecule has 1 N–H and O–H groups in total. The van der Waals surface area contributed by atoms with Crippen molar-refractivity contribution in [2.45, 2.75) is 38.8 Å². The molecule has 0 bridgehead atoms. The van der Waals surface area contributed by atoms with Crippen molar-refractivity contribution >= 4 is 5.69 Å². The summed E-state index contributed by atoms with van der Waals surface area (Å²) in [6, 6.07) is 2.00. The van der Waals surface area contributed by atoms with Crippen molar-refractivity contribution in [2.24, 2.45) is 0 Å². The van der Waals surface area contributed by atoms with E-state index in [-0.39, 0.29) is 11.7 Å². The summed E-state index contributed by atoms with van der Waals surface area (Å²) < 4.78 is 40.4. The van der Waals surface area contributed by atoms with Crippen molar-refractivity contribution in [2.75, 3.05) is 18.0 Å². The lowest BCUT2D eigenvalue weighted by molar-refractivity contribution is 0.389. The number of piperidine rings is 1. The first-order valence-corrected chi connectivity index (χ1v) is 6.63. The summed E-state index contributed by atoms with van der Waals surface area (Å²) in [4.78, 5) is 1.66. The van der Waals surface area contributed by atoms with Gasteiger partial charge >= 0.3 is 0 Å². The number of rotatable bonds is 3. The monoisotopic (exact) mass is 272 g/mol. The molecule has 1 aliphatic rings. The van der Waals surface area contributed by atoms with E-state index in [1.807, 2.05) is 13.8 Å². The Morgan fingerprint density at radius 3 is 2.42 bits per heavy atom. The van der Waals surface area contributed by atoms with Crippen molar-refractivity contribution in [3.8, 4) is 0 Å². The second-order valence-corrected chi connectivity index (χ2v) is 5.32. The van der Waals surface area contributed by atoms with Gasteiger partial charge in [0.25, 0.3) is 0 Å². The summed E-state index contributed by atoms with van der Waals surface area (Å²) in [5, 5.41) is 3.37. The minimum absolute atomic E-state index is 0.114. The van der Waals surface area contributed by atoms with Crippen LogP contribution in [0.1, 0.15) is 26.7 Å². The molecule has 1 aromatic carbocycles.